The second-order valence-corrected chi connectivity index (χ2v) is 8.11. The van der Waals surface area contributed by atoms with Crippen molar-refractivity contribution in [1.82, 2.24) is 5.32 Å². The molecule has 0 radical (unpaired) electrons. The highest BCUT2D eigenvalue weighted by molar-refractivity contribution is 5.95. The van der Waals surface area contributed by atoms with E-state index in [2.05, 4.69) is 26.1 Å². The number of rotatable bonds is 3. The van der Waals surface area contributed by atoms with Gasteiger partial charge in [0.05, 0.1) is 0 Å². The van der Waals surface area contributed by atoms with Gasteiger partial charge in [-0.15, -0.1) is 0 Å². The first-order chi connectivity index (χ1) is 12.9. The largest absolute Gasteiger partial charge is 0.325 e. The highest BCUT2D eigenvalue weighted by Crippen LogP contribution is 2.57. The molecule has 0 aromatic heterocycles. The number of nitrogens with zero attached hydrogens (tertiary/aromatic N) is 2. The molecule has 1 aromatic rings. The van der Waals surface area contributed by atoms with Crippen LogP contribution in [-0.4, -0.2) is 5.91 Å². The Bertz CT molecular complexity index is 868. The van der Waals surface area contributed by atoms with E-state index in [1.807, 2.05) is 30.3 Å². The van der Waals surface area contributed by atoms with E-state index in [0.717, 1.165) is 30.5 Å². The van der Waals surface area contributed by atoms with E-state index >= 15 is 0 Å². The first kappa shape index (κ1) is 18.9. The smallest absolute Gasteiger partial charge is 0.255 e. The van der Waals surface area contributed by atoms with Crippen LogP contribution < -0.4 is 5.32 Å². The molecule has 4 heteroatoms. The molecule has 0 bridgehead atoms. The normalized spacial score (nSPS) is 29.3. The lowest BCUT2D eigenvalue weighted by Gasteiger charge is -2.45. The summed E-state index contributed by atoms with van der Waals surface area (Å²) in [5.74, 6) is 1.41. The lowest BCUT2D eigenvalue weighted by molar-refractivity contribution is 0.0667. The number of amides is 1. The number of allylic oxidation sites excluding steroid dienone is 4. The summed E-state index contributed by atoms with van der Waals surface area (Å²) in [5, 5.41) is 21.5. The SMILES string of the molecule is CC1CC[C@]2(C)C(NC(=O)c3ccccc3)=C(C=C(C#N)C#N)CC2C1C. The van der Waals surface area contributed by atoms with Crippen molar-refractivity contribution in [2.24, 2.45) is 23.2 Å². The highest BCUT2D eigenvalue weighted by atomic mass is 16.1. The van der Waals surface area contributed by atoms with E-state index in [0.29, 0.717) is 23.3 Å². The molecular formula is C23H25N3O. The first-order valence-corrected chi connectivity index (χ1v) is 9.52. The zero-order valence-electron chi connectivity index (χ0n) is 16.1. The maximum atomic E-state index is 12.8. The molecule has 0 spiro atoms. The van der Waals surface area contributed by atoms with Crippen LogP contribution in [0.5, 0.6) is 0 Å². The zero-order valence-corrected chi connectivity index (χ0v) is 16.1. The van der Waals surface area contributed by atoms with Crippen molar-refractivity contribution in [2.45, 2.75) is 40.0 Å². The summed E-state index contributed by atoms with van der Waals surface area (Å²) in [6.07, 6.45) is 4.57. The summed E-state index contributed by atoms with van der Waals surface area (Å²) in [6.45, 7) is 6.79. The predicted octanol–water partition coefficient (Wildman–Crippen LogP) is 4.74. The van der Waals surface area contributed by atoms with Crippen molar-refractivity contribution in [3.05, 3.63) is 58.8 Å². The Morgan fingerprint density at radius 1 is 1.22 bits per heavy atom. The van der Waals surface area contributed by atoms with Crippen LogP contribution in [0.2, 0.25) is 0 Å². The van der Waals surface area contributed by atoms with Crippen LogP contribution in [0.4, 0.5) is 0 Å². The van der Waals surface area contributed by atoms with Gasteiger partial charge in [-0.25, -0.2) is 0 Å². The molecule has 3 rings (SSSR count). The molecule has 1 saturated carbocycles. The second kappa shape index (κ2) is 7.41. The molecule has 0 aliphatic heterocycles. The molecule has 1 amide bonds. The van der Waals surface area contributed by atoms with Crippen LogP contribution in [0.1, 0.15) is 50.4 Å². The lowest BCUT2D eigenvalue weighted by Crippen LogP contribution is -2.42. The molecule has 3 unspecified atom stereocenters. The van der Waals surface area contributed by atoms with E-state index in [1.54, 1.807) is 18.2 Å². The van der Waals surface area contributed by atoms with Crippen molar-refractivity contribution < 1.29 is 4.79 Å². The summed E-state index contributed by atoms with van der Waals surface area (Å²) in [5.41, 5.74) is 2.37. The van der Waals surface area contributed by atoms with Crippen LogP contribution in [0, 0.1) is 45.8 Å². The van der Waals surface area contributed by atoms with Crippen molar-refractivity contribution in [1.29, 1.82) is 10.5 Å². The standard InChI is InChI=1S/C23H25N3O/c1-15-9-10-23(3)20(16(15)2)12-19(11-17(13-24)14-25)21(23)26-22(27)18-7-5-4-6-8-18/h4-8,11,15-16,20H,9-10,12H2,1-3H3,(H,26,27)/t15?,16?,20?,23-/m0/s1. The number of nitriles is 2. The number of nitrogens with one attached hydrogen (secondary N) is 1. The molecule has 0 saturated heterocycles. The third-order valence-corrected chi connectivity index (χ3v) is 6.64. The molecule has 0 heterocycles. The third kappa shape index (κ3) is 3.40. The van der Waals surface area contributed by atoms with Crippen LogP contribution in [0.15, 0.2) is 53.3 Å². The van der Waals surface area contributed by atoms with Crippen molar-refractivity contribution in [3.8, 4) is 12.1 Å². The van der Waals surface area contributed by atoms with E-state index in [9.17, 15) is 15.3 Å². The van der Waals surface area contributed by atoms with E-state index in [-0.39, 0.29) is 16.9 Å². The Morgan fingerprint density at radius 2 is 1.89 bits per heavy atom. The number of hydrogen-bond donors (Lipinski definition) is 1. The fourth-order valence-electron chi connectivity index (χ4n) is 4.77. The molecule has 1 N–H and O–H groups in total. The van der Waals surface area contributed by atoms with Crippen LogP contribution >= 0.6 is 0 Å². The fraction of sp³-hybridized carbons (Fsp3) is 0.435. The van der Waals surface area contributed by atoms with Gasteiger partial charge in [-0.2, -0.15) is 10.5 Å². The van der Waals surface area contributed by atoms with Crippen molar-refractivity contribution >= 4 is 5.91 Å². The van der Waals surface area contributed by atoms with Gasteiger partial charge >= 0.3 is 0 Å². The minimum absolute atomic E-state index is 0.0828. The fourth-order valence-corrected chi connectivity index (χ4v) is 4.77. The van der Waals surface area contributed by atoms with Gasteiger partial charge in [0, 0.05) is 16.7 Å². The first-order valence-electron chi connectivity index (χ1n) is 9.52. The number of benzene rings is 1. The van der Waals surface area contributed by atoms with Gasteiger partial charge in [0.2, 0.25) is 0 Å². The molecule has 27 heavy (non-hydrogen) atoms. The summed E-state index contributed by atoms with van der Waals surface area (Å²) in [6, 6.07) is 13.1. The van der Waals surface area contributed by atoms with Gasteiger partial charge < -0.3 is 5.32 Å². The second-order valence-electron chi connectivity index (χ2n) is 8.11. The van der Waals surface area contributed by atoms with Gasteiger partial charge in [0.1, 0.15) is 17.7 Å². The summed E-state index contributed by atoms with van der Waals surface area (Å²) >= 11 is 0. The summed E-state index contributed by atoms with van der Waals surface area (Å²) in [7, 11) is 0. The molecule has 138 valence electrons. The molecule has 4 nitrogen and oxygen atoms in total. The van der Waals surface area contributed by atoms with Gasteiger partial charge in [0.15, 0.2) is 0 Å². The highest BCUT2D eigenvalue weighted by Gasteiger charge is 2.50. The van der Waals surface area contributed by atoms with E-state index in [1.165, 1.54) is 0 Å². The van der Waals surface area contributed by atoms with E-state index < -0.39 is 0 Å². The lowest BCUT2D eigenvalue weighted by atomic mass is 9.60. The summed E-state index contributed by atoms with van der Waals surface area (Å²) < 4.78 is 0. The Morgan fingerprint density at radius 3 is 2.52 bits per heavy atom. The van der Waals surface area contributed by atoms with E-state index in [4.69, 9.17) is 0 Å². The average molecular weight is 359 g/mol. The van der Waals surface area contributed by atoms with Gasteiger partial charge in [-0.3, -0.25) is 4.79 Å². The van der Waals surface area contributed by atoms with Crippen molar-refractivity contribution in [2.75, 3.05) is 0 Å². The molecule has 4 atom stereocenters. The quantitative estimate of drug-likeness (QED) is 0.792. The Kier molecular flexibility index (Phi) is 5.19. The minimum Gasteiger partial charge on any atom is -0.325 e. The molecule has 2 aliphatic rings. The third-order valence-electron chi connectivity index (χ3n) is 6.64. The number of carbonyl (C=O) groups is 1. The molecule has 2 aliphatic carbocycles. The average Bonchev–Trinajstić information content (AvgIpc) is 2.96. The maximum absolute atomic E-state index is 12.8. The number of fused-ring (bicyclic) bond motifs is 1. The molecule has 1 aromatic carbocycles. The van der Waals surface area contributed by atoms with Crippen molar-refractivity contribution in [3.63, 3.8) is 0 Å². The number of carbonyl (C=O) groups excluding carboxylic acids is 1. The maximum Gasteiger partial charge on any atom is 0.255 e. The number of hydrogen-bond acceptors (Lipinski definition) is 3. The van der Waals surface area contributed by atoms with Crippen LogP contribution in [-0.2, 0) is 0 Å². The topological polar surface area (TPSA) is 76.7 Å². The van der Waals surface area contributed by atoms with Gasteiger partial charge in [0.25, 0.3) is 5.91 Å². The predicted molar refractivity (Wildman–Crippen MR) is 104 cm³/mol. The molecular weight excluding hydrogens is 334 g/mol. The van der Waals surface area contributed by atoms with Crippen LogP contribution in [0.25, 0.3) is 0 Å². The Hall–Kier alpha value is -2.85. The Labute approximate surface area is 161 Å². The zero-order chi connectivity index (χ0) is 19.6. The minimum atomic E-state index is -0.141. The van der Waals surface area contributed by atoms with Gasteiger partial charge in [-0.1, -0.05) is 39.0 Å². The summed E-state index contributed by atoms with van der Waals surface area (Å²) in [4.78, 5) is 12.8. The molecule has 1 fully saturated rings. The Balaban J connectivity index is 2.03. The monoisotopic (exact) mass is 359 g/mol. The van der Waals surface area contributed by atoms with Gasteiger partial charge in [-0.05, 0) is 60.8 Å². The van der Waals surface area contributed by atoms with Crippen LogP contribution in [0.3, 0.4) is 0 Å².